The van der Waals surface area contributed by atoms with E-state index >= 15 is 0 Å². The summed E-state index contributed by atoms with van der Waals surface area (Å²) in [5.74, 6) is -3.66. The first-order chi connectivity index (χ1) is 29.5. The highest BCUT2D eigenvalue weighted by atomic mass is 16.5. The van der Waals surface area contributed by atoms with Gasteiger partial charge in [-0.25, -0.2) is 0 Å². The first kappa shape index (κ1) is 47.0. The molecule has 0 saturated carbocycles. The van der Waals surface area contributed by atoms with Gasteiger partial charge in [-0.2, -0.15) is 0 Å². The molecule has 0 aromatic carbocycles. The number of ether oxygens (including phenoxy) is 6. The number of carbonyl (C=O) groups excluding carboxylic acids is 6. The minimum Gasteiger partial charge on any atom is -0.469 e. The van der Waals surface area contributed by atoms with Crippen LogP contribution in [0.15, 0.2) is 24.3 Å². The van der Waals surface area contributed by atoms with E-state index in [9.17, 15) is 28.8 Å². The molecule has 62 heavy (non-hydrogen) atoms. The zero-order valence-electron chi connectivity index (χ0n) is 37.3. The third-order valence-corrected chi connectivity index (χ3v) is 12.8. The van der Waals surface area contributed by atoms with Gasteiger partial charge >= 0.3 is 35.8 Å². The summed E-state index contributed by atoms with van der Waals surface area (Å²) in [5, 5.41) is 0. The van der Waals surface area contributed by atoms with Gasteiger partial charge in [-0.15, -0.1) is 0 Å². The number of rotatable bonds is 16. The normalized spacial score (nSPS) is 19.3. The van der Waals surface area contributed by atoms with Crippen molar-refractivity contribution in [1.82, 2.24) is 19.9 Å². The van der Waals surface area contributed by atoms with Crippen molar-refractivity contribution in [2.45, 2.75) is 115 Å². The summed E-state index contributed by atoms with van der Waals surface area (Å²) in [6.07, 6.45) is 1.23. The lowest BCUT2D eigenvalue weighted by Crippen LogP contribution is -2.32. The fourth-order valence-electron chi connectivity index (χ4n) is 8.96. The Hall–Kier alpha value is -6.06. The molecular formula is C46H58N4O12. The minimum absolute atomic E-state index is 0.0156. The molecule has 16 nitrogen and oxygen atoms in total. The molecule has 3 aromatic heterocycles. The molecule has 5 heterocycles. The molecule has 2 aliphatic heterocycles. The quantitative estimate of drug-likeness (QED) is 0.120. The van der Waals surface area contributed by atoms with E-state index in [0.29, 0.717) is 57.7 Å². The number of methoxy groups -OCH3 is 6. The Kier molecular flexibility index (Phi) is 15.0. The lowest BCUT2D eigenvalue weighted by Gasteiger charge is -2.32. The maximum atomic E-state index is 13.3. The number of fused-ring (bicyclic) bond motifs is 8. The highest BCUT2D eigenvalue weighted by Crippen LogP contribution is 2.51. The van der Waals surface area contributed by atoms with Gasteiger partial charge in [0.25, 0.3) is 0 Å². The van der Waals surface area contributed by atoms with E-state index in [1.165, 1.54) is 42.7 Å². The highest BCUT2D eigenvalue weighted by molar-refractivity contribution is 5.81. The van der Waals surface area contributed by atoms with Crippen LogP contribution in [-0.2, 0) is 80.9 Å². The molecule has 0 unspecified atom stereocenters. The number of hydrogen-bond acceptors (Lipinski definition) is 14. The maximum absolute atomic E-state index is 13.3. The topological polar surface area (TPSA) is 215 Å². The van der Waals surface area contributed by atoms with Gasteiger partial charge in [-0.3, -0.25) is 38.7 Å². The molecule has 2 N–H and O–H groups in total. The number of hydrogen-bond donors (Lipinski definition) is 2. The number of aryl methyl sites for hydroxylation is 4. The summed E-state index contributed by atoms with van der Waals surface area (Å²) in [5.41, 5.74) is 6.16. The van der Waals surface area contributed by atoms with Gasteiger partial charge in [0.05, 0.1) is 55.5 Å². The summed E-state index contributed by atoms with van der Waals surface area (Å²) < 4.78 is 30.6. The number of aromatic nitrogens is 4. The Morgan fingerprint density at radius 3 is 1.26 bits per heavy atom. The molecule has 0 spiro atoms. The second kappa shape index (κ2) is 19.8. The highest BCUT2D eigenvalue weighted by Gasteiger charge is 2.48. The number of esters is 6. The van der Waals surface area contributed by atoms with E-state index in [-0.39, 0.29) is 63.3 Å². The molecule has 16 heteroatoms. The standard InChI is InChI=1S/C46H58N4O12/c1-25-27(11-15-39(51)57-5)33-20-34-28(12-16-40(52)58-6)26(2)32(48-34)21-37-46(4,24-44(56)62-10)30(14-18-42(54)60-8)36(50-37)22-38-45(3,23-43(55)61-9)29(13-17-41(53)59-7)35(49-38)19-31(25)47-33/h19-22,29-30,47-48H,11-18,23-24H2,1-10H3/t29-,30-,45+,46+/m1/s1. The number of nitrogens with zero attached hydrogens (tertiary/aromatic N) is 2. The predicted octanol–water partition coefficient (Wildman–Crippen LogP) is 6.26. The second-order valence-corrected chi connectivity index (χ2v) is 16.4. The van der Waals surface area contributed by atoms with Gasteiger partial charge < -0.3 is 38.4 Å². The smallest absolute Gasteiger partial charge is 0.306 e. The van der Waals surface area contributed by atoms with E-state index in [2.05, 4.69) is 9.97 Å². The van der Waals surface area contributed by atoms with Crippen molar-refractivity contribution in [1.29, 1.82) is 0 Å². The first-order valence-corrected chi connectivity index (χ1v) is 20.6. The molecule has 0 amide bonds. The number of nitrogens with one attached hydrogen (secondary N) is 2. The van der Waals surface area contributed by atoms with E-state index in [1.807, 2.05) is 52.0 Å². The van der Waals surface area contributed by atoms with Crippen molar-refractivity contribution in [3.05, 3.63) is 69.3 Å². The minimum atomic E-state index is -1.04. The molecule has 3 aromatic rings. The summed E-state index contributed by atoms with van der Waals surface area (Å²) in [7, 11) is 7.94. The van der Waals surface area contributed by atoms with Crippen LogP contribution in [0.3, 0.4) is 0 Å². The van der Waals surface area contributed by atoms with Gasteiger partial charge in [-0.05, 0) is 86.1 Å². The van der Waals surface area contributed by atoms with Crippen LogP contribution in [0.5, 0.6) is 0 Å². The fraction of sp³-hybridized carbons (Fsp3) is 0.522. The largest absolute Gasteiger partial charge is 0.469 e. The zero-order valence-corrected chi connectivity index (χ0v) is 37.3. The van der Waals surface area contributed by atoms with Crippen molar-refractivity contribution in [3.63, 3.8) is 0 Å². The van der Waals surface area contributed by atoms with Gasteiger partial charge in [-0.1, -0.05) is 13.8 Å². The Morgan fingerprint density at radius 2 is 0.855 bits per heavy atom. The molecule has 5 rings (SSSR count). The van der Waals surface area contributed by atoms with Crippen LogP contribution < -0.4 is 0 Å². The summed E-state index contributed by atoms with van der Waals surface area (Å²) in [4.78, 5) is 94.7. The molecule has 2 aliphatic rings. The van der Waals surface area contributed by atoms with E-state index in [1.54, 1.807) is 0 Å². The molecule has 8 bridgehead atoms. The summed E-state index contributed by atoms with van der Waals surface area (Å²) in [6, 6.07) is 7.56. The van der Waals surface area contributed by atoms with Crippen molar-refractivity contribution in [3.8, 4) is 0 Å². The van der Waals surface area contributed by atoms with Gasteiger partial charge in [0, 0.05) is 93.2 Å². The monoisotopic (exact) mass is 858 g/mol. The Balaban J connectivity index is 2.00. The Morgan fingerprint density at radius 1 is 0.500 bits per heavy atom. The van der Waals surface area contributed by atoms with Gasteiger partial charge in [0.15, 0.2) is 0 Å². The molecule has 4 atom stereocenters. The number of carbonyl (C=O) groups is 6. The van der Waals surface area contributed by atoms with Crippen molar-refractivity contribution in [2.75, 3.05) is 42.7 Å². The van der Waals surface area contributed by atoms with E-state index < -0.39 is 46.5 Å². The SMILES string of the molecule is COC(=O)CCc1c(C)c2cc3nc(cc4nc(cc5[nH]c(cc1[nH]2)c(CCC(=O)OC)c5C)[C@@](C)(CC(=O)OC)[C@@H]4CCC(=O)OC)[C@@](C)(CC(=O)OC)[C@@H]3CCC(=O)OC. The lowest BCUT2D eigenvalue weighted by molar-refractivity contribution is -0.143. The molecule has 0 radical (unpaired) electrons. The average molecular weight is 859 g/mol. The van der Waals surface area contributed by atoms with Crippen LogP contribution in [0, 0.1) is 13.8 Å². The molecule has 0 saturated heterocycles. The van der Waals surface area contributed by atoms with Gasteiger partial charge in [0.1, 0.15) is 0 Å². The van der Waals surface area contributed by atoms with Crippen molar-refractivity contribution in [2.24, 2.45) is 0 Å². The second-order valence-electron chi connectivity index (χ2n) is 16.4. The fourth-order valence-corrected chi connectivity index (χ4v) is 8.96. The molecular weight excluding hydrogens is 801 g/mol. The summed E-state index contributed by atoms with van der Waals surface area (Å²) in [6.45, 7) is 7.69. The number of H-pyrrole nitrogens is 2. The van der Waals surface area contributed by atoms with Gasteiger partial charge in [0.2, 0.25) is 0 Å². The Bertz CT molecular complexity index is 2400. The van der Waals surface area contributed by atoms with E-state index in [0.717, 1.165) is 22.3 Å². The Labute approximate surface area is 360 Å². The van der Waals surface area contributed by atoms with Crippen molar-refractivity contribution >= 4 is 57.9 Å². The lowest BCUT2D eigenvalue weighted by atomic mass is 9.69. The van der Waals surface area contributed by atoms with Crippen LogP contribution in [0.25, 0.3) is 22.1 Å². The van der Waals surface area contributed by atoms with Crippen LogP contribution in [-0.4, -0.2) is 98.4 Å². The molecule has 0 fully saturated rings. The summed E-state index contributed by atoms with van der Waals surface area (Å²) >= 11 is 0. The third kappa shape index (κ3) is 9.84. The van der Waals surface area contributed by atoms with Crippen molar-refractivity contribution < 1.29 is 57.2 Å². The van der Waals surface area contributed by atoms with Crippen LogP contribution in [0.1, 0.15) is 122 Å². The van der Waals surface area contributed by atoms with Crippen LogP contribution in [0.2, 0.25) is 0 Å². The van der Waals surface area contributed by atoms with Crippen LogP contribution >= 0.6 is 0 Å². The predicted molar refractivity (Wildman–Crippen MR) is 227 cm³/mol. The third-order valence-electron chi connectivity index (χ3n) is 12.8. The molecule has 0 aliphatic carbocycles. The maximum Gasteiger partial charge on any atom is 0.306 e. The number of aromatic amines is 2. The first-order valence-electron chi connectivity index (χ1n) is 20.6. The average Bonchev–Trinajstić information content (AvgIpc) is 3.88. The molecule has 334 valence electrons. The van der Waals surface area contributed by atoms with Crippen LogP contribution in [0.4, 0.5) is 0 Å². The van der Waals surface area contributed by atoms with E-state index in [4.69, 9.17) is 38.4 Å². The zero-order chi connectivity index (χ0) is 45.5.